The lowest BCUT2D eigenvalue weighted by molar-refractivity contribution is 0.144. The SMILES string of the molecule is N/C(=N/O)c1ncccc1N1CCC2(CCCCC2)CC1. The van der Waals surface area contributed by atoms with Gasteiger partial charge in [-0.05, 0) is 43.2 Å². The Kier molecular flexibility index (Phi) is 3.99. The molecule has 1 saturated carbocycles. The Balaban J connectivity index is 1.75. The van der Waals surface area contributed by atoms with Crippen molar-refractivity contribution in [2.45, 2.75) is 44.9 Å². The van der Waals surface area contributed by atoms with Gasteiger partial charge in [-0.1, -0.05) is 24.4 Å². The highest BCUT2D eigenvalue weighted by molar-refractivity contribution is 6.00. The second kappa shape index (κ2) is 5.92. The van der Waals surface area contributed by atoms with Gasteiger partial charge in [0.1, 0.15) is 5.69 Å². The first-order valence-corrected chi connectivity index (χ1v) is 7.92. The van der Waals surface area contributed by atoms with Gasteiger partial charge in [-0.3, -0.25) is 4.98 Å². The number of nitrogens with zero attached hydrogens (tertiary/aromatic N) is 3. The zero-order valence-corrected chi connectivity index (χ0v) is 12.5. The average molecular weight is 288 g/mol. The summed E-state index contributed by atoms with van der Waals surface area (Å²) in [5.41, 5.74) is 7.89. The molecule has 0 amide bonds. The number of pyridine rings is 1. The number of anilines is 1. The molecule has 0 unspecified atom stereocenters. The Labute approximate surface area is 125 Å². The molecule has 1 aromatic rings. The van der Waals surface area contributed by atoms with E-state index >= 15 is 0 Å². The van der Waals surface area contributed by atoms with Crippen LogP contribution in [0.2, 0.25) is 0 Å². The largest absolute Gasteiger partial charge is 0.409 e. The molecule has 21 heavy (non-hydrogen) atoms. The van der Waals surface area contributed by atoms with Crippen molar-refractivity contribution in [1.82, 2.24) is 4.98 Å². The predicted molar refractivity (Wildman–Crippen MR) is 83.7 cm³/mol. The Morgan fingerprint density at radius 1 is 1.19 bits per heavy atom. The molecule has 1 aliphatic carbocycles. The van der Waals surface area contributed by atoms with Crippen molar-refractivity contribution in [3.63, 3.8) is 0 Å². The summed E-state index contributed by atoms with van der Waals surface area (Å²) in [7, 11) is 0. The molecule has 5 nitrogen and oxygen atoms in total. The first-order chi connectivity index (χ1) is 10.2. The number of piperidine rings is 1. The van der Waals surface area contributed by atoms with Crippen LogP contribution in [0.1, 0.15) is 50.6 Å². The van der Waals surface area contributed by atoms with Crippen molar-refractivity contribution in [3.05, 3.63) is 24.0 Å². The summed E-state index contributed by atoms with van der Waals surface area (Å²) in [6, 6.07) is 3.92. The number of oxime groups is 1. The number of hydrogen-bond donors (Lipinski definition) is 2. The van der Waals surface area contributed by atoms with E-state index in [9.17, 15) is 0 Å². The van der Waals surface area contributed by atoms with E-state index in [1.807, 2.05) is 12.1 Å². The third-order valence-corrected chi connectivity index (χ3v) is 5.22. The molecule has 114 valence electrons. The first-order valence-electron chi connectivity index (χ1n) is 7.92. The topological polar surface area (TPSA) is 74.7 Å². The quantitative estimate of drug-likeness (QED) is 0.380. The summed E-state index contributed by atoms with van der Waals surface area (Å²) in [6.45, 7) is 2.08. The lowest BCUT2D eigenvalue weighted by Gasteiger charge is -2.45. The molecule has 2 fully saturated rings. The molecule has 1 aromatic heterocycles. The maximum atomic E-state index is 8.91. The van der Waals surface area contributed by atoms with Gasteiger partial charge in [0.2, 0.25) is 0 Å². The molecule has 1 spiro atoms. The number of amidine groups is 1. The number of nitrogens with two attached hydrogens (primary N) is 1. The lowest BCUT2D eigenvalue weighted by Crippen LogP contribution is -2.42. The molecule has 0 radical (unpaired) electrons. The standard InChI is InChI=1S/C16H24N4O/c17-15(19-21)14-13(5-4-10-18-14)20-11-8-16(9-12-20)6-2-1-3-7-16/h4-5,10,21H,1-3,6-9,11-12H2,(H2,17,19). The molecule has 0 aromatic carbocycles. The summed E-state index contributed by atoms with van der Waals surface area (Å²) < 4.78 is 0. The molecule has 3 rings (SSSR count). The van der Waals surface area contributed by atoms with E-state index in [-0.39, 0.29) is 5.84 Å². The van der Waals surface area contributed by atoms with E-state index in [0.717, 1.165) is 18.8 Å². The van der Waals surface area contributed by atoms with Crippen LogP contribution in [-0.2, 0) is 0 Å². The van der Waals surface area contributed by atoms with Gasteiger partial charge in [0, 0.05) is 19.3 Å². The fourth-order valence-electron chi connectivity index (χ4n) is 3.92. The average Bonchev–Trinajstić information content (AvgIpc) is 2.56. The maximum absolute atomic E-state index is 8.91. The third kappa shape index (κ3) is 2.82. The van der Waals surface area contributed by atoms with Crippen molar-refractivity contribution in [1.29, 1.82) is 0 Å². The van der Waals surface area contributed by atoms with Crippen LogP contribution in [0.15, 0.2) is 23.5 Å². The second-order valence-electron chi connectivity index (χ2n) is 6.40. The van der Waals surface area contributed by atoms with Gasteiger partial charge in [0.15, 0.2) is 5.84 Å². The highest BCUT2D eigenvalue weighted by atomic mass is 16.4. The predicted octanol–water partition coefficient (Wildman–Crippen LogP) is 2.73. The minimum atomic E-state index is 0.0866. The van der Waals surface area contributed by atoms with Crippen LogP contribution in [0.4, 0.5) is 5.69 Å². The smallest absolute Gasteiger partial charge is 0.190 e. The normalized spacial score (nSPS) is 22.5. The maximum Gasteiger partial charge on any atom is 0.190 e. The fraction of sp³-hybridized carbons (Fsp3) is 0.625. The van der Waals surface area contributed by atoms with Gasteiger partial charge in [-0.15, -0.1) is 0 Å². The molecular weight excluding hydrogens is 264 g/mol. The second-order valence-corrected chi connectivity index (χ2v) is 6.40. The van der Waals surface area contributed by atoms with Crippen LogP contribution < -0.4 is 10.6 Å². The van der Waals surface area contributed by atoms with Crippen LogP contribution in [-0.4, -0.2) is 29.1 Å². The number of aromatic nitrogens is 1. The van der Waals surface area contributed by atoms with Crippen molar-refractivity contribution in [2.75, 3.05) is 18.0 Å². The minimum absolute atomic E-state index is 0.0866. The van der Waals surface area contributed by atoms with Gasteiger partial charge in [-0.25, -0.2) is 0 Å². The summed E-state index contributed by atoms with van der Waals surface area (Å²) in [5.74, 6) is 0.0866. The van der Waals surface area contributed by atoms with Gasteiger partial charge in [-0.2, -0.15) is 0 Å². The van der Waals surface area contributed by atoms with E-state index in [2.05, 4.69) is 15.0 Å². The zero-order valence-electron chi connectivity index (χ0n) is 12.5. The van der Waals surface area contributed by atoms with Crippen molar-refractivity contribution < 1.29 is 5.21 Å². The molecule has 2 aliphatic rings. The molecule has 1 aliphatic heterocycles. The molecule has 3 N–H and O–H groups in total. The molecule has 1 saturated heterocycles. The Bertz CT molecular complexity index is 513. The summed E-state index contributed by atoms with van der Waals surface area (Å²) in [6.07, 6.45) is 11.1. The van der Waals surface area contributed by atoms with Crippen LogP contribution in [0.3, 0.4) is 0 Å². The fourth-order valence-corrected chi connectivity index (χ4v) is 3.92. The molecular formula is C16H24N4O. The Morgan fingerprint density at radius 3 is 2.57 bits per heavy atom. The highest BCUT2D eigenvalue weighted by Crippen LogP contribution is 2.45. The van der Waals surface area contributed by atoms with Crippen LogP contribution >= 0.6 is 0 Å². The summed E-state index contributed by atoms with van der Waals surface area (Å²) in [5, 5.41) is 12.0. The van der Waals surface area contributed by atoms with E-state index in [1.54, 1.807) is 6.20 Å². The third-order valence-electron chi connectivity index (χ3n) is 5.22. The van der Waals surface area contributed by atoms with E-state index in [4.69, 9.17) is 10.9 Å². The van der Waals surface area contributed by atoms with Crippen molar-refractivity contribution >= 4 is 11.5 Å². The van der Waals surface area contributed by atoms with Crippen LogP contribution in [0, 0.1) is 5.41 Å². The highest BCUT2D eigenvalue weighted by Gasteiger charge is 2.36. The zero-order chi connectivity index (χ0) is 14.7. The van der Waals surface area contributed by atoms with Gasteiger partial charge >= 0.3 is 0 Å². The minimum Gasteiger partial charge on any atom is -0.409 e. The monoisotopic (exact) mass is 288 g/mol. The van der Waals surface area contributed by atoms with Gasteiger partial charge in [0.05, 0.1) is 5.69 Å². The molecule has 0 atom stereocenters. The van der Waals surface area contributed by atoms with Crippen LogP contribution in [0.25, 0.3) is 0 Å². The van der Waals surface area contributed by atoms with Gasteiger partial charge in [0.25, 0.3) is 0 Å². The Morgan fingerprint density at radius 2 is 1.90 bits per heavy atom. The Hall–Kier alpha value is -1.78. The lowest BCUT2D eigenvalue weighted by atomic mass is 9.68. The van der Waals surface area contributed by atoms with E-state index in [0.29, 0.717) is 11.1 Å². The molecule has 5 heteroatoms. The summed E-state index contributed by atoms with van der Waals surface area (Å²) >= 11 is 0. The summed E-state index contributed by atoms with van der Waals surface area (Å²) in [4.78, 5) is 6.60. The van der Waals surface area contributed by atoms with Crippen molar-refractivity contribution in [2.24, 2.45) is 16.3 Å². The number of hydrogen-bond acceptors (Lipinski definition) is 4. The van der Waals surface area contributed by atoms with Crippen molar-refractivity contribution in [3.8, 4) is 0 Å². The van der Waals surface area contributed by atoms with Crippen LogP contribution in [0.5, 0.6) is 0 Å². The molecule has 2 heterocycles. The molecule has 0 bridgehead atoms. The van der Waals surface area contributed by atoms with E-state index in [1.165, 1.54) is 44.9 Å². The number of rotatable bonds is 2. The first kappa shape index (κ1) is 14.2. The van der Waals surface area contributed by atoms with Gasteiger partial charge < -0.3 is 15.8 Å². The van der Waals surface area contributed by atoms with E-state index < -0.39 is 0 Å².